The fraction of sp³-hybridized carbons (Fsp3) is 0.0667. The molecule has 108 valence electrons. The van der Waals surface area contributed by atoms with Crippen LogP contribution in [0, 0.1) is 5.82 Å². The number of nitrogens with two attached hydrogens (primary N) is 1. The van der Waals surface area contributed by atoms with Gasteiger partial charge in [-0.1, -0.05) is 12.1 Å². The third-order valence-corrected chi connectivity index (χ3v) is 2.68. The van der Waals surface area contributed by atoms with Crippen molar-refractivity contribution >= 4 is 23.5 Å². The standard InChI is InChI=1S/C15H14FN3OS/c16-13-5-1-12(2-6-13)10-20-14-7-3-11(4-8-14)9-18-19-15(17)21/h1-9H,10H2,(H3,17,19,21)/b18-9-. The Balaban J connectivity index is 1.88. The molecule has 4 nitrogen and oxygen atoms in total. The van der Waals surface area contributed by atoms with E-state index in [9.17, 15) is 4.39 Å². The van der Waals surface area contributed by atoms with Crippen molar-refractivity contribution in [2.75, 3.05) is 0 Å². The summed E-state index contributed by atoms with van der Waals surface area (Å²) < 4.78 is 18.4. The van der Waals surface area contributed by atoms with Gasteiger partial charge >= 0.3 is 0 Å². The number of nitrogens with one attached hydrogen (secondary N) is 1. The molecule has 21 heavy (non-hydrogen) atoms. The molecule has 0 aliphatic carbocycles. The summed E-state index contributed by atoms with van der Waals surface area (Å²) >= 11 is 4.63. The summed E-state index contributed by atoms with van der Waals surface area (Å²) in [7, 11) is 0. The topological polar surface area (TPSA) is 59.6 Å². The first-order valence-electron chi connectivity index (χ1n) is 6.19. The number of halogens is 1. The van der Waals surface area contributed by atoms with Crippen LogP contribution in [0.25, 0.3) is 0 Å². The maximum Gasteiger partial charge on any atom is 0.184 e. The van der Waals surface area contributed by atoms with Crippen molar-refractivity contribution in [3.8, 4) is 5.75 Å². The molecule has 0 saturated carbocycles. The molecule has 3 N–H and O–H groups in total. The van der Waals surface area contributed by atoms with Crippen LogP contribution < -0.4 is 15.9 Å². The van der Waals surface area contributed by atoms with Crippen molar-refractivity contribution in [3.05, 3.63) is 65.5 Å². The largest absolute Gasteiger partial charge is 0.489 e. The molecule has 0 aromatic heterocycles. The normalized spacial score (nSPS) is 10.5. The smallest absolute Gasteiger partial charge is 0.184 e. The van der Waals surface area contributed by atoms with Gasteiger partial charge in [-0.2, -0.15) is 5.10 Å². The molecule has 2 aromatic carbocycles. The van der Waals surface area contributed by atoms with Crippen molar-refractivity contribution in [1.82, 2.24) is 5.43 Å². The Morgan fingerprint density at radius 1 is 1.19 bits per heavy atom. The molecule has 0 aliphatic heterocycles. The van der Waals surface area contributed by atoms with Crippen molar-refractivity contribution in [2.45, 2.75) is 6.61 Å². The molecule has 0 aliphatic rings. The molecule has 0 amide bonds. The molecule has 0 fully saturated rings. The predicted molar refractivity (Wildman–Crippen MR) is 84.7 cm³/mol. The minimum Gasteiger partial charge on any atom is -0.489 e. The van der Waals surface area contributed by atoms with Gasteiger partial charge in [-0.05, 0) is 59.7 Å². The van der Waals surface area contributed by atoms with Gasteiger partial charge in [0.25, 0.3) is 0 Å². The monoisotopic (exact) mass is 303 g/mol. The lowest BCUT2D eigenvalue weighted by Gasteiger charge is -2.06. The summed E-state index contributed by atoms with van der Waals surface area (Å²) in [6, 6.07) is 13.6. The molecule has 0 saturated heterocycles. The van der Waals surface area contributed by atoms with Gasteiger partial charge in [0.05, 0.1) is 6.21 Å². The third-order valence-electron chi connectivity index (χ3n) is 2.59. The Hall–Kier alpha value is -2.47. The number of nitrogens with zero attached hydrogens (tertiary/aromatic N) is 1. The molecule has 0 bridgehead atoms. The first kappa shape index (κ1) is 14.9. The molecule has 0 spiro atoms. The zero-order chi connectivity index (χ0) is 15.1. The second-order valence-corrected chi connectivity index (χ2v) is 4.66. The first-order chi connectivity index (χ1) is 10.1. The van der Waals surface area contributed by atoms with Crippen molar-refractivity contribution < 1.29 is 9.13 Å². The van der Waals surface area contributed by atoms with Gasteiger partial charge in [-0.15, -0.1) is 0 Å². The molecular formula is C15H14FN3OS. The van der Waals surface area contributed by atoms with Crippen LogP contribution in [-0.2, 0) is 6.61 Å². The van der Waals surface area contributed by atoms with Crippen LogP contribution in [-0.4, -0.2) is 11.3 Å². The predicted octanol–water partition coefficient (Wildman–Crippen LogP) is 2.57. The van der Waals surface area contributed by atoms with E-state index in [2.05, 4.69) is 22.7 Å². The van der Waals surface area contributed by atoms with Gasteiger partial charge < -0.3 is 10.5 Å². The van der Waals surface area contributed by atoms with Gasteiger partial charge in [-0.25, -0.2) is 4.39 Å². The van der Waals surface area contributed by atoms with Gasteiger partial charge in [0.2, 0.25) is 0 Å². The molecule has 0 heterocycles. The zero-order valence-corrected chi connectivity index (χ0v) is 11.9. The molecule has 2 rings (SSSR count). The highest BCUT2D eigenvalue weighted by Gasteiger charge is 1.97. The van der Waals surface area contributed by atoms with E-state index >= 15 is 0 Å². The van der Waals surface area contributed by atoms with E-state index in [1.54, 1.807) is 18.3 Å². The molecule has 2 aromatic rings. The Labute approximate surface area is 127 Å². The lowest BCUT2D eigenvalue weighted by atomic mass is 10.2. The van der Waals surface area contributed by atoms with Crippen molar-refractivity contribution in [3.63, 3.8) is 0 Å². The van der Waals surface area contributed by atoms with Crippen molar-refractivity contribution in [2.24, 2.45) is 10.8 Å². The first-order valence-corrected chi connectivity index (χ1v) is 6.60. The van der Waals surface area contributed by atoms with E-state index in [4.69, 9.17) is 10.5 Å². The van der Waals surface area contributed by atoms with Crippen LogP contribution in [0.5, 0.6) is 5.75 Å². The number of benzene rings is 2. The van der Waals surface area contributed by atoms with Crippen LogP contribution >= 0.6 is 12.2 Å². The van der Waals surface area contributed by atoms with Gasteiger partial charge in [0.1, 0.15) is 18.2 Å². The SMILES string of the molecule is NC(=S)N/N=C\c1ccc(OCc2ccc(F)cc2)cc1. The van der Waals surface area contributed by atoms with Crippen molar-refractivity contribution in [1.29, 1.82) is 0 Å². The Kier molecular flexibility index (Phi) is 5.22. The van der Waals surface area contributed by atoms with E-state index < -0.39 is 0 Å². The summed E-state index contributed by atoms with van der Waals surface area (Å²) in [5.74, 6) is 0.465. The van der Waals surface area contributed by atoms with Gasteiger partial charge in [-0.3, -0.25) is 5.43 Å². The Morgan fingerprint density at radius 2 is 1.86 bits per heavy atom. The highest BCUT2D eigenvalue weighted by atomic mass is 32.1. The van der Waals surface area contributed by atoms with E-state index in [1.165, 1.54) is 12.1 Å². The fourth-order valence-electron chi connectivity index (χ4n) is 1.57. The summed E-state index contributed by atoms with van der Waals surface area (Å²) in [6.45, 7) is 0.386. The van der Waals surface area contributed by atoms with E-state index in [0.29, 0.717) is 6.61 Å². The minimum absolute atomic E-state index is 0.116. The molecule has 0 radical (unpaired) electrons. The highest BCUT2D eigenvalue weighted by molar-refractivity contribution is 7.80. The maximum absolute atomic E-state index is 12.8. The summed E-state index contributed by atoms with van der Waals surface area (Å²) in [4.78, 5) is 0. The number of hydrazone groups is 1. The van der Waals surface area contributed by atoms with Crippen LogP contribution in [0.2, 0.25) is 0 Å². The van der Waals surface area contributed by atoms with Gasteiger partial charge in [0.15, 0.2) is 5.11 Å². The lowest BCUT2D eigenvalue weighted by molar-refractivity contribution is 0.306. The van der Waals surface area contributed by atoms with Crippen LogP contribution in [0.15, 0.2) is 53.6 Å². The van der Waals surface area contributed by atoms with Crippen LogP contribution in [0.1, 0.15) is 11.1 Å². The lowest BCUT2D eigenvalue weighted by Crippen LogP contribution is -2.23. The molecule has 6 heteroatoms. The average molecular weight is 303 g/mol. The number of rotatable bonds is 5. The quantitative estimate of drug-likeness (QED) is 0.506. The Bertz CT molecular complexity index is 626. The number of thiocarbonyl (C=S) groups is 1. The highest BCUT2D eigenvalue weighted by Crippen LogP contribution is 2.13. The van der Waals surface area contributed by atoms with Crippen LogP contribution in [0.4, 0.5) is 4.39 Å². The summed E-state index contributed by atoms with van der Waals surface area (Å²) in [5.41, 5.74) is 9.51. The van der Waals surface area contributed by atoms with E-state index in [0.717, 1.165) is 16.9 Å². The maximum atomic E-state index is 12.8. The summed E-state index contributed by atoms with van der Waals surface area (Å²) in [6.07, 6.45) is 1.60. The number of ether oxygens (including phenoxy) is 1. The minimum atomic E-state index is -0.257. The zero-order valence-electron chi connectivity index (χ0n) is 11.1. The number of hydrogen-bond donors (Lipinski definition) is 2. The second-order valence-electron chi connectivity index (χ2n) is 4.22. The second kappa shape index (κ2) is 7.35. The van der Waals surface area contributed by atoms with E-state index in [-0.39, 0.29) is 10.9 Å². The fourth-order valence-corrected chi connectivity index (χ4v) is 1.62. The molecule has 0 unspecified atom stereocenters. The molecule has 0 atom stereocenters. The third kappa shape index (κ3) is 5.19. The number of hydrogen-bond acceptors (Lipinski definition) is 3. The van der Waals surface area contributed by atoms with Gasteiger partial charge in [0, 0.05) is 0 Å². The Morgan fingerprint density at radius 3 is 2.48 bits per heavy atom. The average Bonchev–Trinajstić information content (AvgIpc) is 2.48. The molecular weight excluding hydrogens is 289 g/mol. The summed E-state index contributed by atoms with van der Waals surface area (Å²) in [5, 5.41) is 3.97. The van der Waals surface area contributed by atoms with Crippen LogP contribution in [0.3, 0.4) is 0 Å². The van der Waals surface area contributed by atoms with E-state index in [1.807, 2.05) is 24.3 Å².